The van der Waals surface area contributed by atoms with Crippen molar-refractivity contribution in [1.82, 2.24) is 0 Å². The summed E-state index contributed by atoms with van der Waals surface area (Å²) in [6.07, 6.45) is 19.5. The summed E-state index contributed by atoms with van der Waals surface area (Å²) in [5.41, 5.74) is 1.23. The quantitative estimate of drug-likeness (QED) is 0.354. The van der Waals surface area contributed by atoms with Crippen LogP contribution in [0.3, 0.4) is 0 Å². The van der Waals surface area contributed by atoms with Crippen LogP contribution in [0, 0.1) is 23.7 Å². The molecule has 3 rings (SSSR count). The second-order valence-corrected chi connectivity index (χ2v) is 9.62. The molecule has 0 spiro atoms. The zero-order chi connectivity index (χ0) is 20.5. The third-order valence-corrected chi connectivity index (χ3v) is 7.66. The molecular formula is C26H40F2O. The SMILES string of the molecule is CCCCC[C@H]1CC[C@H]([C@H]2CC[C@H](CCc3ccc(OC(F)F)cc3)CC2)CC1. The van der Waals surface area contributed by atoms with Crippen molar-refractivity contribution < 1.29 is 13.5 Å². The minimum Gasteiger partial charge on any atom is -0.435 e. The third-order valence-electron chi connectivity index (χ3n) is 7.66. The first kappa shape index (κ1) is 22.6. The van der Waals surface area contributed by atoms with Gasteiger partial charge in [-0.15, -0.1) is 0 Å². The topological polar surface area (TPSA) is 9.23 Å². The molecule has 0 atom stereocenters. The number of alkyl halides is 2. The Morgan fingerprint density at radius 3 is 1.86 bits per heavy atom. The van der Waals surface area contributed by atoms with E-state index in [0.29, 0.717) is 0 Å². The summed E-state index contributed by atoms with van der Waals surface area (Å²) in [5.74, 6) is 4.10. The average molecular weight is 407 g/mol. The molecule has 0 saturated heterocycles. The number of hydrogen-bond donors (Lipinski definition) is 0. The number of benzene rings is 1. The van der Waals surface area contributed by atoms with Gasteiger partial charge in [-0.25, -0.2) is 0 Å². The van der Waals surface area contributed by atoms with E-state index in [-0.39, 0.29) is 5.75 Å². The molecule has 0 heterocycles. The lowest BCUT2D eigenvalue weighted by molar-refractivity contribution is -0.0498. The highest BCUT2D eigenvalue weighted by atomic mass is 19.3. The van der Waals surface area contributed by atoms with Gasteiger partial charge in [0.2, 0.25) is 0 Å². The standard InChI is InChI=1S/C26H40F2O/c1-2-3-4-5-20-8-14-23(15-9-20)24-16-10-21(11-17-24)6-7-22-12-18-25(19-13-22)29-26(27)28/h12-13,18-21,23-24,26H,2-11,14-17H2,1H3/t20-,21-,23-,24-. The summed E-state index contributed by atoms with van der Waals surface area (Å²) in [6, 6.07) is 7.19. The molecule has 0 aliphatic heterocycles. The van der Waals surface area contributed by atoms with E-state index in [0.717, 1.165) is 30.1 Å². The highest BCUT2D eigenvalue weighted by Crippen LogP contribution is 2.43. The third kappa shape index (κ3) is 7.57. The molecule has 0 bridgehead atoms. The number of rotatable bonds is 10. The van der Waals surface area contributed by atoms with Gasteiger partial charge in [-0.3, -0.25) is 0 Å². The largest absolute Gasteiger partial charge is 0.435 e. The van der Waals surface area contributed by atoms with Gasteiger partial charge in [-0.1, -0.05) is 70.4 Å². The van der Waals surface area contributed by atoms with Crippen LogP contribution in [0.15, 0.2) is 24.3 Å². The number of halogens is 2. The summed E-state index contributed by atoms with van der Waals surface area (Å²) >= 11 is 0. The number of hydrogen-bond acceptors (Lipinski definition) is 1. The van der Waals surface area contributed by atoms with Gasteiger partial charge in [-0.2, -0.15) is 8.78 Å². The molecule has 1 aromatic rings. The first-order chi connectivity index (χ1) is 14.1. The zero-order valence-electron chi connectivity index (χ0n) is 18.3. The molecule has 1 aromatic carbocycles. The Bertz CT molecular complexity index is 555. The van der Waals surface area contributed by atoms with E-state index in [1.165, 1.54) is 89.0 Å². The van der Waals surface area contributed by atoms with Crippen molar-refractivity contribution in [3.63, 3.8) is 0 Å². The Morgan fingerprint density at radius 1 is 0.793 bits per heavy atom. The zero-order valence-corrected chi connectivity index (χ0v) is 18.3. The van der Waals surface area contributed by atoms with Gasteiger partial charge < -0.3 is 4.74 Å². The van der Waals surface area contributed by atoms with Gasteiger partial charge in [0, 0.05) is 0 Å². The Hall–Kier alpha value is -1.12. The van der Waals surface area contributed by atoms with E-state index in [9.17, 15) is 8.78 Å². The lowest BCUT2D eigenvalue weighted by Crippen LogP contribution is -2.26. The monoisotopic (exact) mass is 406 g/mol. The van der Waals surface area contributed by atoms with Crippen LogP contribution in [-0.4, -0.2) is 6.61 Å². The Labute approximate surface area is 176 Å². The summed E-state index contributed by atoms with van der Waals surface area (Å²) in [5, 5.41) is 0. The van der Waals surface area contributed by atoms with E-state index in [1.807, 2.05) is 12.1 Å². The maximum Gasteiger partial charge on any atom is 0.387 e. The average Bonchev–Trinajstić information content (AvgIpc) is 2.74. The highest BCUT2D eigenvalue weighted by molar-refractivity contribution is 5.27. The smallest absolute Gasteiger partial charge is 0.387 e. The molecule has 2 aliphatic rings. The summed E-state index contributed by atoms with van der Waals surface area (Å²) in [4.78, 5) is 0. The fourth-order valence-electron chi connectivity index (χ4n) is 5.79. The van der Waals surface area contributed by atoms with E-state index in [1.54, 1.807) is 12.1 Å². The first-order valence-electron chi connectivity index (χ1n) is 12.2. The van der Waals surface area contributed by atoms with Crippen molar-refractivity contribution in [2.75, 3.05) is 0 Å². The van der Waals surface area contributed by atoms with Crippen molar-refractivity contribution in [1.29, 1.82) is 0 Å². The molecule has 3 heteroatoms. The van der Waals surface area contributed by atoms with E-state index < -0.39 is 6.61 Å². The van der Waals surface area contributed by atoms with Gasteiger partial charge in [0.25, 0.3) is 0 Å². The second-order valence-electron chi connectivity index (χ2n) is 9.62. The number of ether oxygens (including phenoxy) is 1. The van der Waals surface area contributed by atoms with Crippen LogP contribution in [-0.2, 0) is 6.42 Å². The van der Waals surface area contributed by atoms with Crippen molar-refractivity contribution in [2.45, 2.75) is 103 Å². The van der Waals surface area contributed by atoms with Crippen LogP contribution in [0.25, 0.3) is 0 Å². The first-order valence-corrected chi connectivity index (χ1v) is 12.2. The molecule has 0 radical (unpaired) electrons. The van der Waals surface area contributed by atoms with Crippen LogP contribution in [0.4, 0.5) is 8.78 Å². The fraction of sp³-hybridized carbons (Fsp3) is 0.769. The van der Waals surface area contributed by atoms with Crippen molar-refractivity contribution in [3.05, 3.63) is 29.8 Å². The summed E-state index contributed by atoms with van der Waals surface area (Å²) < 4.78 is 28.9. The molecule has 2 fully saturated rings. The molecule has 164 valence electrons. The minimum absolute atomic E-state index is 0.254. The van der Waals surface area contributed by atoms with E-state index in [4.69, 9.17) is 0 Å². The molecule has 2 saturated carbocycles. The van der Waals surface area contributed by atoms with Crippen LogP contribution in [0.5, 0.6) is 5.75 Å². The lowest BCUT2D eigenvalue weighted by atomic mass is 9.68. The highest BCUT2D eigenvalue weighted by Gasteiger charge is 2.30. The lowest BCUT2D eigenvalue weighted by Gasteiger charge is -2.38. The molecule has 0 N–H and O–H groups in total. The fourth-order valence-corrected chi connectivity index (χ4v) is 5.79. The minimum atomic E-state index is -2.74. The van der Waals surface area contributed by atoms with E-state index >= 15 is 0 Å². The van der Waals surface area contributed by atoms with Crippen molar-refractivity contribution >= 4 is 0 Å². The number of unbranched alkanes of at least 4 members (excludes halogenated alkanes) is 2. The predicted molar refractivity (Wildman–Crippen MR) is 116 cm³/mol. The van der Waals surface area contributed by atoms with E-state index in [2.05, 4.69) is 11.7 Å². The molecule has 0 amide bonds. The maximum atomic E-state index is 12.2. The van der Waals surface area contributed by atoms with Gasteiger partial charge in [0.05, 0.1) is 0 Å². The van der Waals surface area contributed by atoms with Gasteiger partial charge in [0.15, 0.2) is 0 Å². The van der Waals surface area contributed by atoms with Crippen LogP contribution >= 0.6 is 0 Å². The Morgan fingerprint density at radius 2 is 1.34 bits per heavy atom. The van der Waals surface area contributed by atoms with Crippen molar-refractivity contribution in [2.24, 2.45) is 23.7 Å². The molecule has 29 heavy (non-hydrogen) atoms. The van der Waals surface area contributed by atoms with Gasteiger partial charge >= 0.3 is 6.61 Å². The van der Waals surface area contributed by atoms with Crippen LogP contribution in [0.1, 0.15) is 96.0 Å². The molecule has 1 nitrogen and oxygen atoms in total. The molecule has 2 aliphatic carbocycles. The predicted octanol–water partition coefficient (Wildman–Crippen LogP) is 8.41. The molecule has 0 unspecified atom stereocenters. The van der Waals surface area contributed by atoms with Crippen LogP contribution < -0.4 is 4.74 Å². The molecule has 0 aromatic heterocycles. The van der Waals surface area contributed by atoms with Crippen LogP contribution in [0.2, 0.25) is 0 Å². The second kappa shape index (κ2) is 11.9. The van der Waals surface area contributed by atoms with Gasteiger partial charge in [0.1, 0.15) is 5.75 Å². The summed E-state index contributed by atoms with van der Waals surface area (Å²) in [7, 11) is 0. The normalized spacial score (nSPS) is 27.9. The summed E-state index contributed by atoms with van der Waals surface area (Å²) in [6.45, 7) is -0.443. The number of aryl methyl sites for hydroxylation is 1. The Kier molecular flexibility index (Phi) is 9.27. The van der Waals surface area contributed by atoms with Crippen molar-refractivity contribution in [3.8, 4) is 5.75 Å². The maximum absolute atomic E-state index is 12.2. The Balaban J connectivity index is 1.31. The van der Waals surface area contributed by atoms with Gasteiger partial charge in [-0.05, 0) is 79.9 Å². The molecular weight excluding hydrogens is 366 g/mol.